The standard InChI is InChI=1S/C18H22N8O/c1-11(2)17-21-19-15-10-25(9-12(3)26(15)17)18(27)14-7-5-13(6-8-14)16-20-23-24(4)22-16/h5-8,11-12H,9-10H2,1-4H3/t12-/m0/s1. The van der Waals surface area contributed by atoms with Gasteiger partial charge >= 0.3 is 0 Å². The van der Waals surface area contributed by atoms with E-state index < -0.39 is 0 Å². The zero-order chi connectivity index (χ0) is 19.1. The van der Waals surface area contributed by atoms with E-state index in [9.17, 15) is 4.79 Å². The van der Waals surface area contributed by atoms with Gasteiger partial charge in [-0.2, -0.15) is 4.80 Å². The number of aromatic nitrogens is 7. The topological polar surface area (TPSA) is 94.6 Å². The number of fused-ring (bicyclic) bond motifs is 1. The van der Waals surface area contributed by atoms with Gasteiger partial charge in [0.1, 0.15) is 5.82 Å². The van der Waals surface area contributed by atoms with Crippen LogP contribution in [0.25, 0.3) is 11.4 Å². The van der Waals surface area contributed by atoms with Crippen LogP contribution in [-0.2, 0) is 13.6 Å². The highest BCUT2D eigenvalue weighted by Crippen LogP contribution is 2.26. The van der Waals surface area contributed by atoms with Crippen LogP contribution in [0.2, 0.25) is 0 Å². The molecule has 4 rings (SSSR count). The number of rotatable bonds is 3. The van der Waals surface area contributed by atoms with Gasteiger partial charge in [0.05, 0.1) is 19.6 Å². The molecule has 0 saturated heterocycles. The second kappa shape index (κ2) is 6.57. The Balaban J connectivity index is 1.54. The first-order valence-corrected chi connectivity index (χ1v) is 9.01. The number of hydrogen-bond acceptors (Lipinski definition) is 6. The maximum absolute atomic E-state index is 13.0. The van der Waals surface area contributed by atoms with E-state index in [0.29, 0.717) is 30.4 Å². The number of hydrogen-bond donors (Lipinski definition) is 0. The maximum Gasteiger partial charge on any atom is 0.254 e. The monoisotopic (exact) mass is 366 g/mol. The van der Waals surface area contributed by atoms with E-state index in [-0.39, 0.29) is 11.9 Å². The molecule has 0 fully saturated rings. The van der Waals surface area contributed by atoms with Crippen molar-refractivity contribution in [3.63, 3.8) is 0 Å². The molecule has 3 aromatic rings. The number of carbonyl (C=O) groups is 1. The summed E-state index contributed by atoms with van der Waals surface area (Å²) in [7, 11) is 1.72. The molecule has 0 N–H and O–H groups in total. The van der Waals surface area contributed by atoms with Gasteiger partial charge in [-0.15, -0.1) is 20.4 Å². The van der Waals surface area contributed by atoms with Crippen molar-refractivity contribution in [1.82, 2.24) is 39.9 Å². The molecule has 2 aromatic heterocycles. The fraction of sp³-hybridized carbons (Fsp3) is 0.444. The lowest BCUT2D eigenvalue weighted by molar-refractivity contribution is 0.0679. The summed E-state index contributed by atoms with van der Waals surface area (Å²) >= 11 is 0. The number of tetrazole rings is 1. The number of nitrogens with zero attached hydrogens (tertiary/aromatic N) is 8. The van der Waals surface area contributed by atoms with Gasteiger partial charge in [-0.3, -0.25) is 4.79 Å². The molecular weight excluding hydrogens is 344 g/mol. The molecule has 1 aliphatic rings. The molecule has 1 aromatic carbocycles. The van der Waals surface area contributed by atoms with E-state index in [1.54, 1.807) is 19.2 Å². The zero-order valence-electron chi connectivity index (χ0n) is 15.9. The van der Waals surface area contributed by atoms with Gasteiger partial charge in [0.2, 0.25) is 5.82 Å². The van der Waals surface area contributed by atoms with Gasteiger partial charge in [-0.25, -0.2) is 0 Å². The first-order chi connectivity index (χ1) is 12.9. The van der Waals surface area contributed by atoms with Crippen molar-refractivity contribution < 1.29 is 4.79 Å². The SMILES string of the molecule is CC(C)c1nnc2n1[C@@H](C)CN(C(=O)c1ccc(-c3nnn(C)n3)cc1)C2. The van der Waals surface area contributed by atoms with Crippen molar-refractivity contribution in [2.75, 3.05) is 6.54 Å². The minimum Gasteiger partial charge on any atom is -0.329 e. The summed E-state index contributed by atoms with van der Waals surface area (Å²) in [5.74, 6) is 2.65. The van der Waals surface area contributed by atoms with Crippen LogP contribution in [-0.4, -0.2) is 52.3 Å². The highest BCUT2D eigenvalue weighted by molar-refractivity contribution is 5.94. The van der Waals surface area contributed by atoms with E-state index in [4.69, 9.17) is 0 Å². The minimum atomic E-state index is -0.0131. The molecule has 9 nitrogen and oxygen atoms in total. The van der Waals surface area contributed by atoms with E-state index >= 15 is 0 Å². The smallest absolute Gasteiger partial charge is 0.254 e. The Morgan fingerprint density at radius 2 is 1.89 bits per heavy atom. The molecular formula is C18H22N8O. The lowest BCUT2D eigenvalue weighted by Gasteiger charge is -2.33. The Morgan fingerprint density at radius 3 is 2.52 bits per heavy atom. The highest BCUT2D eigenvalue weighted by atomic mass is 16.2. The highest BCUT2D eigenvalue weighted by Gasteiger charge is 2.30. The average Bonchev–Trinajstić information content (AvgIpc) is 3.28. The van der Waals surface area contributed by atoms with Crippen LogP contribution < -0.4 is 0 Å². The molecule has 9 heteroatoms. The van der Waals surface area contributed by atoms with Crippen LogP contribution in [0.15, 0.2) is 24.3 Å². The van der Waals surface area contributed by atoms with Crippen molar-refractivity contribution in [3.05, 3.63) is 41.5 Å². The molecule has 1 amide bonds. The Kier molecular flexibility index (Phi) is 4.21. The normalized spacial score (nSPS) is 16.6. The molecule has 27 heavy (non-hydrogen) atoms. The zero-order valence-corrected chi connectivity index (χ0v) is 15.9. The Labute approximate surface area is 157 Å². The number of aryl methyl sites for hydroxylation is 1. The van der Waals surface area contributed by atoms with Crippen LogP contribution in [0.4, 0.5) is 0 Å². The van der Waals surface area contributed by atoms with Crippen molar-refractivity contribution in [1.29, 1.82) is 0 Å². The third kappa shape index (κ3) is 3.09. The van der Waals surface area contributed by atoms with Gasteiger partial charge in [0.25, 0.3) is 5.91 Å². The van der Waals surface area contributed by atoms with Gasteiger partial charge in [0, 0.05) is 23.6 Å². The molecule has 140 valence electrons. The minimum absolute atomic E-state index is 0.0131. The van der Waals surface area contributed by atoms with Crippen LogP contribution in [0.3, 0.4) is 0 Å². The van der Waals surface area contributed by atoms with E-state index in [1.165, 1.54) is 4.80 Å². The van der Waals surface area contributed by atoms with Gasteiger partial charge in [-0.05, 0) is 24.3 Å². The molecule has 0 aliphatic carbocycles. The summed E-state index contributed by atoms with van der Waals surface area (Å²) in [5, 5.41) is 20.6. The molecule has 1 aliphatic heterocycles. The van der Waals surface area contributed by atoms with Crippen molar-refractivity contribution in [3.8, 4) is 11.4 Å². The van der Waals surface area contributed by atoms with Crippen LogP contribution in [0.1, 0.15) is 54.7 Å². The quantitative estimate of drug-likeness (QED) is 0.702. The van der Waals surface area contributed by atoms with Gasteiger partial charge in [-0.1, -0.05) is 26.0 Å². The summed E-state index contributed by atoms with van der Waals surface area (Å²) in [4.78, 5) is 16.2. The molecule has 0 bridgehead atoms. The summed E-state index contributed by atoms with van der Waals surface area (Å²) in [6.45, 7) is 7.42. The van der Waals surface area contributed by atoms with Crippen LogP contribution in [0, 0.1) is 0 Å². The molecule has 0 unspecified atom stereocenters. The largest absolute Gasteiger partial charge is 0.329 e. The first kappa shape index (κ1) is 17.3. The predicted octanol–water partition coefficient (Wildman–Crippen LogP) is 1.81. The van der Waals surface area contributed by atoms with E-state index in [0.717, 1.165) is 17.2 Å². The predicted molar refractivity (Wildman–Crippen MR) is 97.8 cm³/mol. The second-order valence-corrected chi connectivity index (χ2v) is 7.21. The fourth-order valence-corrected chi connectivity index (χ4v) is 3.45. The molecule has 3 heterocycles. The lowest BCUT2D eigenvalue weighted by Crippen LogP contribution is -2.40. The number of amides is 1. The Bertz CT molecular complexity index is 972. The van der Waals surface area contributed by atoms with E-state index in [1.807, 2.05) is 17.0 Å². The fourth-order valence-electron chi connectivity index (χ4n) is 3.45. The van der Waals surface area contributed by atoms with Crippen molar-refractivity contribution in [2.24, 2.45) is 7.05 Å². The summed E-state index contributed by atoms with van der Waals surface area (Å²) in [6, 6.07) is 7.44. The van der Waals surface area contributed by atoms with Crippen molar-refractivity contribution in [2.45, 2.75) is 39.3 Å². The summed E-state index contributed by atoms with van der Waals surface area (Å²) < 4.78 is 2.16. The molecule has 0 saturated carbocycles. The summed E-state index contributed by atoms with van der Waals surface area (Å²) in [6.07, 6.45) is 0. The van der Waals surface area contributed by atoms with Crippen molar-refractivity contribution >= 4 is 5.91 Å². The Hall–Kier alpha value is -3.10. The third-order valence-electron chi connectivity index (χ3n) is 4.75. The maximum atomic E-state index is 13.0. The molecule has 0 spiro atoms. The van der Waals surface area contributed by atoms with Gasteiger partial charge < -0.3 is 9.47 Å². The molecule has 1 atom stereocenters. The van der Waals surface area contributed by atoms with Crippen LogP contribution in [0.5, 0.6) is 0 Å². The Morgan fingerprint density at radius 1 is 1.15 bits per heavy atom. The first-order valence-electron chi connectivity index (χ1n) is 9.01. The summed E-state index contributed by atoms with van der Waals surface area (Å²) in [5.41, 5.74) is 1.46. The average molecular weight is 366 g/mol. The third-order valence-corrected chi connectivity index (χ3v) is 4.75. The second-order valence-electron chi connectivity index (χ2n) is 7.21. The lowest BCUT2D eigenvalue weighted by atomic mass is 10.1. The van der Waals surface area contributed by atoms with E-state index in [2.05, 4.69) is 50.9 Å². The molecule has 0 radical (unpaired) electrons. The van der Waals surface area contributed by atoms with Crippen LogP contribution >= 0.6 is 0 Å². The number of carbonyl (C=O) groups excluding carboxylic acids is 1. The van der Waals surface area contributed by atoms with Gasteiger partial charge in [0.15, 0.2) is 5.82 Å². The number of benzene rings is 1.